The Morgan fingerprint density at radius 2 is 1.69 bits per heavy atom. The zero-order valence-electron chi connectivity index (χ0n) is 8.38. The molecule has 3 rings (SSSR count). The second-order valence-corrected chi connectivity index (χ2v) is 3.72. The van der Waals surface area contributed by atoms with Gasteiger partial charge in [-0.25, -0.2) is 4.98 Å². The van der Waals surface area contributed by atoms with Crippen molar-refractivity contribution in [3.63, 3.8) is 0 Å². The number of nitrogens with zero attached hydrogens (tertiary/aromatic N) is 1. The summed E-state index contributed by atoms with van der Waals surface area (Å²) in [6.07, 6.45) is 0. The van der Waals surface area contributed by atoms with Crippen LogP contribution in [-0.2, 0) is 0 Å². The molecule has 0 saturated heterocycles. The number of hydrogen-bond acceptors (Lipinski definition) is 3. The molecule has 3 heteroatoms. The van der Waals surface area contributed by atoms with Gasteiger partial charge in [-0.3, -0.25) is 0 Å². The number of fused-ring (bicyclic) bond motifs is 2. The molecule has 0 radical (unpaired) electrons. The molecule has 3 nitrogen and oxygen atoms in total. The number of benzene rings is 2. The fraction of sp³-hybridized carbons (Fsp3) is 0. The van der Waals surface area contributed by atoms with Crippen LogP contribution in [0.4, 0.5) is 0 Å². The molecule has 0 fully saturated rings. The van der Waals surface area contributed by atoms with Crippen molar-refractivity contribution in [1.29, 1.82) is 0 Å². The van der Waals surface area contributed by atoms with Gasteiger partial charge in [0.1, 0.15) is 17.0 Å². The third-order valence-corrected chi connectivity index (χ3v) is 2.58. The summed E-state index contributed by atoms with van der Waals surface area (Å²) in [6.45, 7) is 0. The number of phenolic OH excluding ortho intramolecular Hbond substituents is 2. The van der Waals surface area contributed by atoms with Crippen LogP contribution in [0.3, 0.4) is 0 Å². The van der Waals surface area contributed by atoms with Gasteiger partial charge in [-0.1, -0.05) is 18.2 Å². The van der Waals surface area contributed by atoms with E-state index in [0.29, 0.717) is 5.52 Å². The van der Waals surface area contributed by atoms with Crippen molar-refractivity contribution in [2.24, 2.45) is 0 Å². The molecule has 1 heterocycles. The van der Waals surface area contributed by atoms with E-state index in [1.54, 1.807) is 6.07 Å². The molecule has 78 valence electrons. The van der Waals surface area contributed by atoms with Crippen molar-refractivity contribution in [3.05, 3.63) is 42.5 Å². The molecule has 0 aliphatic heterocycles. The Balaban J connectivity index is 2.51. The highest BCUT2D eigenvalue weighted by Crippen LogP contribution is 2.30. The molecule has 0 aliphatic carbocycles. The van der Waals surface area contributed by atoms with E-state index in [4.69, 9.17) is 0 Å². The van der Waals surface area contributed by atoms with Gasteiger partial charge in [-0.05, 0) is 18.2 Å². The fourth-order valence-electron chi connectivity index (χ4n) is 1.86. The van der Waals surface area contributed by atoms with Crippen molar-refractivity contribution in [2.45, 2.75) is 0 Å². The monoisotopic (exact) mass is 211 g/mol. The van der Waals surface area contributed by atoms with Crippen LogP contribution < -0.4 is 0 Å². The van der Waals surface area contributed by atoms with E-state index in [9.17, 15) is 10.2 Å². The zero-order chi connectivity index (χ0) is 11.1. The quantitative estimate of drug-likeness (QED) is 0.562. The summed E-state index contributed by atoms with van der Waals surface area (Å²) in [4.78, 5) is 4.36. The van der Waals surface area contributed by atoms with E-state index in [1.165, 1.54) is 6.07 Å². The summed E-state index contributed by atoms with van der Waals surface area (Å²) in [5.41, 5.74) is 1.34. The molecule has 0 atom stereocenters. The van der Waals surface area contributed by atoms with Crippen molar-refractivity contribution in [2.75, 3.05) is 0 Å². The second-order valence-electron chi connectivity index (χ2n) is 3.72. The van der Waals surface area contributed by atoms with Crippen LogP contribution in [-0.4, -0.2) is 15.2 Å². The smallest absolute Gasteiger partial charge is 0.145 e. The number of hydrogen-bond donors (Lipinski definition) is 2. The van der Waals surface area contributed by atoms with Gasteiger partial charge in [0.2, 0.25) is 0 Å². The SMILES string of the molecule is Oc1cc(O)c2nc3ccccc3cc2c1. The molecule has 0 amide bonds. The van der Waals surface area contributed by atoms with Gasteiger partial charge in [0, 0.05) is 16.8 Å². The summed E-state index contributed by atoms with van der Waals surface area (Å²) in [6, 6.07) is 12.5. The minimum atomic E-state index is 0.000697. The van der Waals surface area contributed by atoms with Gasteiger partial charge in [-0.15, -0.1) is 0 Å². The Hall–Kier alpha value is -2.29. The van der Waals surface area contributed by atoms with Crippen LogP contribution in [0.1, 0.15) is 0 Å². The first-order chi connectivity index (χ1) is 7.74. The Morgan fingerprint density at radius 1 is 0.875 bits per heavy atom. The highest BCUT2D eigenvalue weighted by atomic mass is 16.3. The maximum Gasteiger partial charge on any atom is 0.145 e. The van der Waals surface area contributed by atoms with Crippen LogP contribution in [0, 0.1) is 0 Å². The zero-order valence-corrected chi connectivity index (χ0v) is 8.38. The summed E-state index contributed by atoms with van der Waals surface area (Å²) >= 11 is 0. The van der Waals surface area contributed by atoms with Crippen LogP contribution >= 0.6 is 0 Å². The predicted octanol–water partition coefficient (Wildman–Crippen LogP) is 2.80. The Morgan fingerprint density at radius 3 is 2.56 bits per heavy atom. The minimum absolute atomic E-state index is 0.000697. The molecule has 0 aliphatic rings. The average molecular weight is 211 g/mol. The second kappa shape index (κ2) is 3.10. The number of para-hydroxylation sites is 1. The third-order valence-electron chi connectivity index (χ3n) is 2.58. The number of pyridine rings is 1. The minimum Gasteiger partial charge on any atom is -0.508 e. The molecular weight excluding hydrogens is 202 g/mol. The molecule has 2 aromatic carbocycles. The van der Waals surface area contributed by atoms with Crippen LogP contribution in [0.25, 0.3) is 21.8 Å². The van der Waals surface area contributed by atoms with E-state index in [0.717, 1.165) is 16.3 Å². The number of phenols is 2. The van der Waals surface area contributed by atoms with E-state index < -0.39 is 0 Å². The molecule has 0 spiro atoms. The molecule has 16 heavy (non-hydrogen) atoms. The Bertz CT molecular complexity index is 692. The first-order valence-electron chi connectivity index (χ1n) is 4.95. The third kappa shape index (κ3) is 1.26. The average Bonchev–Trinajstić information content (AvgIpc) is 2.27. The van der Waals surface area contributed by atoms with E-state index in [-0.39, 0.29) is 11.5 Å². The van der Waals surface area contributed by atoms with Gasteiger partial charge >= 0.3 is 0 Å². The van der Waals surface area contributed by atoms with Gasteiger partial charge in [0.05, 0.1) is 5.52 Å². The molecule has 0 saturated carbocycles. The van der Waals surface area contributed by atoms with Gasteiger partial charge < -0.3 is 10.2 Å². The van der Waals surface area contributed by atoms with E-state index in [2.05, 4.69) is 4.98 Å². The standard InChI is InChI=1S/C13H9NO2/c15-10-6-9-5-8-3-1-2-4-11(8)14-13(9)12(16)7-10/h1-7,15-16H. The topological polar surface area (TPSA) is 53.4 Å². The summed E-state index contributed by atoms with van der Waals surface area (Å²) in [5.74, 6) is 0.0443. The highest BCUT2D eigenvalue weighted by Gasteiger charge is 2.05. The molecule has 0 unspecified atom stereocenters. The largest absolute Gasteiger partial charge is 0.508 e. The van der Waals surface area contributed by atoms with Crippen molar-refractivity contribution in [3.8, 4) is 11.5 Å². The highest BCUT2D eigenvalue weighted by molar-refractivity contribution is 5.95. The first kappa shape index (κ1) is 8.97. The molecule has 0 bridgehead atoms. The maximum absolute atomic E-state index is 9.69. The summed E-state index contributed by atoms with van der Waals surface area (Å²) < 4.78 is 0. The lowest BCUT2D eigenvalue weighted by atomic mass is 10.1. The van der Waals surface area contributed by atoms with Gasteiger partial charge in [0.25, 0.3) is 0 Å². The Kier molecular flexibility index (Phi) is 1.74. The first-order valence-corrected chi connectivity index (χ1v) is 4.95. The van der Waals surface area contributed by atoms with Crippen LogP contribution in [0.2, 0.25) is 0 Å². The van der Waals surface area contributed by atoms with Crippen molar-refractivity contribution < 1.29 is 10.2 Å². The van der Waals surface area contributed by atoms with Gasteiger partial charge in [-0.2, -0.15) is 0 Å². The van der Waals surface area contributed by atoms with Gasteiger partial charge in [0.15, 0.2) is 0 Å². The summed E-state index contributed by atoms with van der Waals surface area (Å²) in [7, 11) is 0. The molecule has 2 N–H and O–H groups in total. The van der Waals surface area contributed by atoms with E-state index in [1.807, 2.05) is 30.3 Å². The molecule has 1 aromatic heterocycles. The normalized spacial score (nSPS) is 11.0. The fourth-order valence-corrected chi connectivity index (χ4v) is 1.86. The number of aromatic hydroxyl groups is 2. The molecule has 3 aromatic rings. The molecular formula is C13H9NO2. The lowest BCUT2D eigenvalue weighted by Crippen LogP contribution is -1.82. The number of aromatic nitrogens is 1. The van der Waals surface area contributed by atoms with Crippen LogP contribution in [0.15, 0.2) is 42.5 Å². The predicted molar refractivity (Wildman–Crippen MR) is 62.6 cm³/mol. The number of rotatable bonds is 0. The maximum atomic E-state index is 9.69. The van der Waals surface area contributed by atoms with Crippen LogP contribution in [0.5, 0.6) is 11.5 Å². The van der Waals surface area contributed by atoms with Crippen molar-refractivity contribution >= 4 is 21.8 Å². The lowest BCUT2D eigenvalue weighted by Gasteiger charge is -2.04. The summed E-state index contributed by atoms with van der Waals surface area (Å²) in [5, 5.41) is 20.8. The van der Waals surface area contributed by atoms with E-state index >= 15 is 0 Å². The van der Waals surface area contributed by atoms with Crippen molar-refractivity contribution in [1.82, 2.24) is 4.98 Å². The lowest BCUT2D eigenvalue weighted by molar-refractivity contribution is 0.454. The Labute approximate surface area is 91.6 Å².